The number of benzene rings is 2. The van der Waals surface area contributed by atoms with Crippen LogP contribution in [0.15, 0.2) is 48.5 Å². The Bertz CT molecular complexity index is 1040. The van der Waals surface area contributed by atoms with Crippen molar-refractivity contribution in [2.24, 2.45) is 0 Å². The summed E-state index contributed by atoms with van der Waals surface area (Å²) >= 11 is 5.99. The van der Waals surface area contributed by atoms with Crippen LogP contribution in [-0.2, 0) is 19.1 Å². The number of halogens is 4. The zero-order valence-electron chi connectivity index (χ0n) is 18.0. The van der Waals surface area contributed by atoms with E-state index in [9.17, 15) is 13.2 Å². The largest absolute Gasteiger partial charge is 0.416 e. The SMILES string of the molecule is Nc1n[nH]c(N2CCC(N(CCc3ccc(Cl)cc3)Cc3ccccc3C(F)(F)F)CC2)n1. The quantitative estimate of drug-likeness (QED) is 0.511. The molecular formula is C23H26ClF3N6. The maximum Gasteiger partial charge on any atom is 0.416 e. The Morgan fingerprint density at radius 3 is 2.42 bits per heavy atom. The summed E-state index contributed by atoms with van der Waals surface area (Å²) in [6.45, 7) is 2.33. The number of nitrogens with zero attached hydrogens (tertiary/aromatic N) is 4. The first-order valence-corrected chi connectivity index (χ1v) is 11.2. The smallest absolute Gasteiger partial charge is 0.366 e. The monoisotopic (exact) mass is 478 g/mol. The van der Waals surface area contributed by atoms with Crippen molar-refractivity contribution in [1.29, 1.82) is 0 Å². The lowest BCUT2D eigenvalue weighted by atomic mass is 9.99. The van der Waals surface area contributed by atoms with Crippen molar-refractivity contribution in [2.45, 2.75) is 38.0 Å². The summed E-state index contributed by atoms with van der Waals surface area (Å²) in [5.41, 5.74) is 6.44. The molecule has 10 heteroatoms. The Labute approximate surface area is 195 Å². The van der Waals surface area contributed by atoms with Gasteiger partial charge in [0.15, 0.2) is 0 Å². The van der Waals surface area contributed by atoms with Gasteiger partial charge < -0.3 is 10.6 Å². The Morgan fingerprint density at radius 1 is 1.09 bits per heavy atom. The Hall–Kier alpha value is -2.78. The summed E-state index contributed by atoms with van der Waals surface area (Å²) in [5.74, 6) is 0.821. The van der Waals surface area contributed by atoms with E-state index < -0.39 is 11.7 Å². The van der Waals surface area contributed by atoms with E-state index in [1.165, 1.54) is 6.07 Å². The molecule has 2 aromatic carbocycles. The van der Waals surface area contributed by atoms with Gasteiger partial charge >= 0.3 is 6.18 Å². The number of hydrogen-bond acceptors (Lipinski definition) is 5. The van der Waals surface area contributed by atoms with Crippen molar-refractivity contribution in [2.75, 3.05) is 30.3 Å². The van der Waals surface area contributed by atoms with Crippen LogP contribution < -0.4 is 10.6 Å². The van der Waals surface area contributed by atoms with Crippen molar-refractivity contribution < 1.29 is 13.2 Å². The van der Waals surface area contributed by atoms with Crippen molar-refractivity contribution >= 4 is 23.5 Å². The van der Waals surface area contributed by atoms with E-state index in [2.05, 4.69) is 25.0 Å². The molecule has 4 rings (SSSR count). The number of nitrogens with one attached hydrogen (secondary N) is 1. The number of nitrogen functional groups attached to an aromatic ring is 1. The Balaban J connectivity index is 1.50. The van der Waals surface area contributed by atoms with E-state index in [0.717, 1.165) is 44.0 Å². The average Bonchev–Trinajstić information content (AvgIpc) is 3.24. The van der Waals surface area contributed by atoms with Gasteiger partial charge in [-0.2, -0.15) is 18.2 Å². The fourth-order valence-electron chi connectivity index (χ4n) is 4.32. The predicted octanol–water partition coefficient (Wildman–Crippen LogP) is 4.77. The maximum atomic E-state index is 13.6. The van der Waals surface area contributed by atoms with Crippen LogP contribution in [0.1, 0.15) is 29.5 Å². The van der Waals surface area contributed by atoms with Gasteiger partial charge in [-0.05, 0) is 48.6 Å². The number of anilines is 2. The minimum atomic E-state index is -4.38. The standard InChI is InChI=1S/C23H26ClF3N6/c24-18-7-5-16(6-8-18)9-12-33(15-17-3-1-2-4-20(17)23(25,26)27)19-10-13-32(14-11-19)22-29-21(28)30-31-22/h1-8,19H,9-15H2,(H3,28,29,30,31). The molecule has 33 heavy (non-hydrogen) atoms. The first-order chi connectivity index (χ1) is 15.8. The number of aromatic nitrogens is 3. The highest BCUT2D eigenvalue weighted by Crippen LogP contribution is 2.33. The molecule has 0 unspecified atom stereocenters. The highest BCUT2D eigenvalue weighted by Gasteiger charge is 2.34. The van der Waals surface area contributed by atoms with Gasteiger partial charge in [-0.3, -0.25) is 4.90 Å². The second-order valence-electron chi connectivity index (χ2n) is 8.24. The summed E-state index contributed by atoms with van der Waals surface area (Å²) in [4.78, 5) is 8.42. The molecule has 0 atom stereocenters. The molecule has 1 fully saturated rings. The molecule has 6 nitrogen and oxygen atoms in total. The molecule has 0 radical (unpaired) electrons. The van der Waals surface area contributed by atoms with E-state index in [0.29, 0.717) is 23.1 Å². The lowest BCUT2D eigenvalue weighted by Gasteiger charge is -2.39. The second-order valence-corrected chi connectivity index (χ2v) is 8.67. The molecule has 1 aromatic heterocycles. The maximum absolute atomic E-state index is 13.6. The van der Waals surface area contributed by atoms with Gasteiger partial charge in [0.1, 0.15) is 0 Å². The third-order valence-corrected chi connectivity index (χ3v) is 6.32. The molecular weight excluding hydrogens is 453 g/mol. The van der Waals surface area contributed by atoms with Gasteiger partial charge in [0, 0.05) is 37.2 Å². The number of nitrogens with two attached hydrogens (primary N) is 1. The first kappa shape index (κ1) is 23.4. The van der Waals surface area contributed by atoms with E-state index >= 15 is 0 Å². The molecule has 0 amide bonds. The van der Waals surface area contributed by atoms with Crippen LogP contribution in [0.3, 0.4) is 0 Å². The average molecular weight is 479 g/mol. The topological polar surface area (TPSA) is 74.1 Å². The summed E-state index contributed by atoms with van der Waals surface area (Å²) in [7, 11) is 0. The number of hydrogen-bond donors (Lipinski definition) is 2. The fourth-order valence-corrected chi connectivity index (χ4v) is 4.44. The van der Waals surface area contributed by atoms with Crippen LogP contribution >= 0.6 is 11.6 Å². The Morgan fingerprint density at radius 2 is 1.79 bits per heavy atom. The van der Waals surface area contributed by atoms with E-state index in [-0.39, 0.29) is 18.5 Å². The van der Waals surface area contributed by atoms with Crippen molar-refractivity contribution in [3.05, 3.63) is 70.2 Å². The highest BCUT2D eigenvalue weighted by atomic mass is 35.5. The van der Waals surface area contributed by atoms with Crippen LogP contribution in [0, 0.1) is 0 Å². The molecule has 1 aliphatic heterocycles. The molecule has 3 N–H and O–H groups in total. The molecule has 176 valence electrons. The lowest BCUT2D eigenvalue weighted by molar-refractivity contribution is -0.138. The molecule has 1 saturated heterocycles. The highest BCUT2D eigenvalue weighted by molar-refractivity contribution is 6.30. The van der Waals surface area contributed by atoms with Crippen LogP contribution in [0.5, 0.6) is 0 Å². The lowest BCUT2D eigenvalue weighted by Crippen LogP contribution is -2.45. The van der Waals surface area contributed by atoms with Crippen molar-refractivity contribution in [3.63, 3.8) is 0 Å². The molecule has 3 aromatic rings. The number of piperidine rings is 1. The van der Waals surface area contributed by atoms with Gasteiger partial charge in [0.2, 0.25) is 11.9 Å². The van der Waals surface area contributed by atoms with Crippen LogP contribution in [-0.4, -0.2) is 45.8 Å². The summed E-state index contributed by atoms with van der Waals surface area (Å²) < 4.78 is 40.8. The van der Waals surface area contributed by atoms with Crippen molar-refractivity contribution in [1.82, 2.24) is 20.1 Å². The van der Waals surface area contributed by atoms with Crippen LogP contribution in [0.2, 0.25) is 5.02 Å². The summed E-state index contributed by atoms with van der Waals surface area (Å²) in [6.07, 6.45) is -2.05. The third kappa shape index (κ3) is 5.97. The summed E-state index contributed by atoms with van der Waals surface area (Å²) in [6, 6.07) is 13.6. The third-order valence-electron chi connectivity index (χ3n) is 6.07. The Kier molecular flexibility index (Phi) is 7.09. The summed E-state index contributed by atoms with van der Waals surface area (Å²) in [5, 5.41) is 7.36. The molecule has 0 saturated carbocycles. The van der Waals surface area contributed by atoms with Crippen LogP contribution in [0.4, 0.5) is 25.1 Å². The molecule has 2 heterocycles. The van der Waals surface area contributed by atoms with Gasteiger partial charge in [-0.25, -0.2) is 5.10 Å². The zero-order chi connectivity index (χ0) is 23.4. The molecule has 1 aliphatic rings. The van der Waals surface area contributed by atoms with Crippen LogP contribution in [0.25, 0.3) is 0 Å². The second kappa shape index (κ2) is 10.0. The molecule has 0 bridgehead atoms. The first-order valence-electron chi connectivity index (χ1n) is 10.9. The number of alkyl halides is 3. The number of H-pyrrole nitrogens is 1. The van der Waals surface area contributed by atoms with E-state index in [4.69, 9.17) is 17.3 Å². The number of rotatable bonds is 7. The molecule has 0 spiro atoms. The zero-order valence-corrected chi connectivity index (χ0v) is 18.8. The minimum absolute atomic E-state index is 0.148. The normalized spacial score (nSPS) is 15.4. The van der Waals surface area contributed by atoms with Gasteiger partial charge in [0.05, 0.1) is 5.56 Å². The van der Waals surface area contributed by atoms with Gasteiger partial charge in [-0.1, -0.05) is 41.9 Å². The number of aromatic amines is 1. The van der Waals surface area contributed by atoms with E-state index in [1.807, 2.05) is 24.3 Å². The van der Waals surface area contributed by atoms with Crippen molar-refractivity contribution in [3.8, 4) is 0 Å². The molecule has 0 aliphatic carbocycles. The van der Waals surface area contributed by atoms with Gasteiger partial charge in [-0.15, -0.1) is 5.10 Å². The minimum Gasteiger partial charge on any atom is -0.366 e. The van der Waals surface area contributed by atoms with Gasteiger partial charge in [0.25, 0.3) is 0 Å². The van der Waals surface area contributed by atoms with E-state index in [1.54, 1.807) is 12.1 Å². The predicted molar refractivity (Wildman–Crippen MR) is 123 cm³/mol. The fraction of sp³-hybridized carbons (Fsp3) is 0.391.